The predicted molar refractivity (Wildman–Crippen MR) is 32.9 cm³/mol. The predicted octanol–water partition coefficient (Wildman–Crippen LogP) is 1.07. The van der Waals surface area contributed by atoms with Crippen LogP contribution in [0.2, 0.25) is 0 Å². The van der Waals surface area contributed by atoms with Crippen molar-refractivity contribution < 1.29 is 14.1 Å². The average Bonchev–Trinajstić information content (AvgIpc) is 2.14. The van der Waals surface area contributed by atoms with Gasteiger partial charge < -0.3 is 4.74 Å². The molecule has 1 amide bonds. The number of hydrogen-bond donors (Lipinski definition) is 0. The maximum absolute atomic E-state index is 10.3. The third-order valence-electron chi connectivity index (χ3n) is 0.838. The molecule has 4 nitrogen and oxygen atoms in total. The monoisotopic (exact) mass is 169 g/mol. The Morgan fingerprint density at radius 2 is 2.33 bits per heavy atom. The zero-order valence-corrected chi connectivity index (χ0v) is 6.15. The van der Waals surface area contributed by atoms with Gasteiger partial charge in [-0.3, -0.25) is 0 Å². The molecule has 0 N–H and O–H groups in total. The van der Waals surface area contributed by atoms with Crippen molar-refractivity contribution in [2.24, 2.45) is 0 Å². The lowest BCUT2D eigenvalue weighted by Crippen LogP contribution is -2.10. The summed E-state index contributed by atoms with van der Waals surface area (Å²) >= 11 is 0. The quantitative estimate of drug-likeness (QED) is 0.552. The minimum Gasteiger partial charge on any atom is -0.447 e. The normalized spacial score (nSPS) is 17.3. The van der Waals surface area contributed by atoms with E-state index >= 15 is 0 Å². The first-order chi connectivity index (χ1) is 3.84. The molecular formula is C3H5ClNO3P. The zero-order valence-electron chi connectivity index (χ0n) is 4.44. The number of carbonyl (C=O) groups is 1. The van der Waals surface area contributed by atoms with Crippen molar-refractivity contribution in [3.05, 3.63) is 0 Å². The van der Waals surface area contributed by atoms with Gasteiger partial charge in [-0.25, -0.2) is 14.0 Å². The van der Waals surface area contributed by atoms with Crippen LogP contribution < -0.4 is 0 Å². The highest BCUT2D eigenvalue weighted by Crippen LogP contribution is 2.11. The molecule has 1 rings (SSSR count). The summed E-state index contributed by atoms with van der Waals surface area (Å²) in [6.45, 7) is 0.790. The lowest BCUT2D eigenvalue weighted by Gasteiger charge is -1.94. The molecule has 0 aromatic carbocycles. The fraction of sp³-hybridized carbons (Fsp3) is 0.667. The van der Waals surface area contributed by atoms with E-state index in [1.165, 1.54) is 0 Å². The minimum absolute atomic E-state index is 0. The van der Waals surface area contributed by atoms with Crippen molar-refractivity contribution in [1.29, 1.82) is 0 Å². The summed E-state index contributed by atoms with van der Waals surface area (Å²) < 4.78 is 15.5. The van der Waals surface area contributed by atoms with E-state index in [0.29, 0.717) is 13.2 Å². The standard InChI is InChI=1S/C3H4NO3P.ClH/c5-3-4(8-6)1-2-7-3;/h1-2H2;1H. The molecular weight excluding hydrogens is 164 g/mol. The van der Waals surface area contributed by atoms with Crippen LogP contribution >= 0.6 is 21.0 Å². The maximum Gasteiger partial charge on any atom is 0.419 e. The number of amides is 1. The summed E-state index contributed by atoms with van der Waals surface area (Å²) in [5.74, 6) is 0. The first-order valence-electron chi connectivity index (χ1n) is 2.12. The van der Waals surface area contributed by atoms with Crippen molar-refractivity contribution in [2.75, 3.05) is 13.2 Å². The Balaban J connectivity index is 0.000000640. The number of rotatable bonds is 1. The van der Waals surface area contributed by atoms with Crippen LogP contribution in [0.25, 0.3) is 0 Å². The third kappa shape index (κ3) is 1.80. The van der Waals surface area contributed by atoms with Gasteiger partial charge in [-0.05, 0) is 0 Å². The van der Waals surface area contributed by atoms with E-state index in [0.717, 1.165) is 4.67 Å². The molecule has 1 saturated heterocycles. The smallest absolute Gasteiger partial charge is 0.419 e. The molecule has 0 aliphatic carbocycles. The molecule has 0 spiro atoms. The van der Waals surface area contributed by atoms with Crippen molar-refractivity contribution in [3.8, 4) is 0 Å². The molecule has 0 aromatic heterocycles. The van der Waals surface area contributed by atoms with Crippen molar-refractivity contribution >= 4 is 27.1 Å². The Labute approximate surface area is 59.8 Å². The number of cyclic esters (lactones) is 1. The lowest BCUT2D eigenvalue weighted by atomic mass is 10.7. The third-order valence-corrected chi connectivity index (χ3v) is 1.40. The maximum atomic E-state index is 10.3. The molecule has 0 bridgehead atoms. The fourth-order valence-corrected chi connectivity index (χ4v) is 0.747. The van der Waals surface area contributed by atoms with Gasteiger partial charge in [-0.15, -0.1) is 12.4 Å². The van der Waals surface area contributed by atoms with Gasteiger partial charge in [0.15, 0.2) is 0 Å². The summed E-state index contributed by atoms with van der Waals surface area (Å²) in [7, 11) is -0.275. The number of carbonyl (C=O) groups excluding carboxylic acids is 1. The van der Waals surface area contributed by atoms with E-state index in [4.69, 9.17) is 0 Å². The Morgan fingerprint density at radius 3 is 2.56 bits per heavy atom. The zero-order chi connectivity index (χ0) is 5.98. The number of halogens is 1. The highest BCUT2D eigenvalue weighted by Gasteiger charge is 2.21. The fourth-order valence-electron chi connectivity index (χ4n) is 0.459. The molecule has 0 aromatic rings. The second-order valence-corrected chi connectivity index (χ2v) is 1.97. The highest BCUT2D eigenvalue weighted by atomic mass is 35.5. The van der Waals surface area contributed by atoms with Crippen LogP contribution in [0.4, 0.5) is 4.79 Å². The second kappa shape index (κ2) is 3.64. The second-order valence-electron chi connectivity index (χ2n) is 1.32. The number of ether oxygens (including phenoxy) is 1. The molecule has 0 saturated carbocycles. The van der Waals surface area contributed by atoms with Gasteiger partial charge in [0.1, 0.15) is 6.61 Å². The van der Waals surface area contributed by atoms with E-state index in [1.807, 2.05) is 0 Å². The van der Waals surface area contributed by atoms with Crippen LogP contribution in [0.5, 0.6) is 0 Å². The van der Waals surface area contributed by atoms with Gasteiger partial charge in [0.25, 0.3) is 8.61 Å². The van der Waals surface area contributed by atoms with E-state index in [-0.39, 0.29) is 21.0 Å². The molecule has 6 heteroatoms. The number of hydrogen-bond acceptors (Lipinski definition) is 3. The molecule has 1 heterocycles. The average molecular weight is 170 g/mol. The van der Waals surface area contributed by atoms with Crippen LogP contribution in [0, 0.1) is 0 Å². The van der Waals surface area contributed by atoms with Gasteiger partial charge >= 0.3 is 6.09 Å². The summed E-state index contributed by atoms with van der Waals surface area (Å²) in [5.41, 5.74) is 0. The number of nitrogens with zero attached hydrogens (tertiary/aromatic N) is 1. The molecule has 0 atom stereocenters. The molecule has 1 aliphatic heterocycles. The van der Waals surface area contributed by atoms with Crippen molar-refractivity contribution in [3.63, 3.8) is 0 Å². The van der Waals surface area contributed by atoms with Crippen LogP contribution in [-0.4, -0.2) is 23.9 Å². The van der Waals surface area contributed by atoms with Gasteiger partial charge in [0.05, 0.1) is 6.54 Å². The van der Waals surface area contributed by atoms with Gasteiger partial charge in [0, 0.05) is 0 Å². The Morgan fingerprint density at radius 1 is 1.67 bits per heavy atom. The first-order valence-corrected chi connectivity index (χ1v) is 2.88. The Bertz CT molecular complexity index is 130. The minimum atomic E-state index is -0.498. The van der Waals surface area contributed by atoms with Crippen LogP contribution in [0.15, 0.2) is 0 Å². The topological polar surface area (TPSA) is 46.6 Å². The highest BCUT2D eigenvalue weighted by molar-refractivity contribution is 7.21. The first kappa shape index (κ1) is 8.66. The van der Waals surface area contributed by atoms with E-state index in [1.54, 1.807) is 0 Å². The van der Waals surface area contributed by atoms with Crippen molar-refractivity contribution in [2.45, 2.75) is 0 Å². The summed E-state index contributed by atoms with van der Waals surface area (Å²) in [5, 5.41) is 0. The molecule has 52 valence electrons. The Hall–Kier alpha value is -0.340. The van der Waals surface area contributed by atoms with E-state index in [9.17, 15) is 9.36 Å². The van der Waals surface area contributed by atoms with E-state index < -0.39 is 6.09 Å². The summed E-state index contributed by atoms with van der Waals surface area (Å²) in [6, 6.07) is 0. The van der Waals surface area contributed by atoms with Gasteiger partial charge in [0.2, 0.25) is 0 Å². The van der Waals surface area contributed by atoms with Crippen LogP contribution in [-0.2, 0) is 9.30 Å². The molecule has 1 fully saturated rings. The van der Waals surface area contributed by atoms with Gasteiger partial charge in [-0.1, -0.05) is 0 Å². The molecule has 9 heavy (non-hydrogen) atoms. The lowest BCUT2D eigenvalue weighted by molar-refractivity contribution is 0.170. The summed E-state index contributed by atoms with van der Waals surface area (Å²) in [4.78, 5) is 10.3. The summed E-state index contributed by atoms with van der Waals surface area (Å²) in [6.07, 6.45) is -0.498. The SMILES string of the molecule is Cl.O=PN1CCOC1=O. The van der Waals surface area contributed by atoms with E-state index in [2.05, 4.69) is 4.74 Å². The van der Waals surface area contributed by atoms with Crippen LogP contribution in [0.1, 0.15) is 0 Å². The Kier molecular flexibility index (Phi) is 3.50. The van der Waals surface area contributed by atoms with Crippen LogP contribution in [0.3, 0.4) is 0 Å². The molecule has 1 aliphatic rings. The largest absolute Gasteiger partial charge is 0.447 e. The van der Waals surface area contributed by atoms with Crippen molar-refractivity contribution in [1.82, 2.24) is 4.67 Å². The molecule has 0 unspecified atom stereocenters. The van der Waals surface area contributed by atoms with Gasteiger partial charge in [-0.2, -0.15) is 0 Å². The molecule has 0 radical (unpaired) electrons.